The van der Waals surface area contributed by atoms with Crippen LogP contribution in [0.1, 0.15) is 60.9 Å². The summed E-state index contributed by atoms with van der Waals surface area (Å²) in [5.41, 5.74) is 1.88. The first-order valence-corrected chi connectivity index (χ1v) is 12.5. The molecule has 0 atom stereocenters. The largest absolute Gasteiger partial charge is 0.354 e. The maximum atomic E-state index is 13.1. The molecule has 1 aliphatic carbocycles. The number of nitrogens with zero attached hydrogens (tertiary/aromatic N) is 3. The Hall–Kier alpha value is -3.40. The van der Waals surface area contributed by atoms with Gasteiger partial charge in [0.25, 0.3) is 11.8 Å². The molecule has 0 bridgehead atoms. The number of aromatic nitrogens is 2. The molecular formula is C25H32N6O3S. The molecule has 9 nitrogen and oxygen atoms in total. The van der Waals surface area contributed by atoms with Crippen LogP contribution in [0, 0.1) is 5.41 Å². The third-order valence-electron chi connectivity index (χ3n) is 5.71. The number of nitrogens with one attached hydrogen (secondary N) is 3. The third kappa shape index (κ3) is 5.64. The Morgan fingerprint density at radius 3 is 2.46 bits per heavy atom. The van der Waals surface area contributed by atoms with Crippen LogP contribution in [0.2, 0.25) is 0 Å². The Morgan fingerprint density at radius 2 is 1.86 bits per heavy atom. The Labute approximate surface area is 208 Å². The molecule has 3 amide bonds. The number of hydrogen-bond acceptors (Lipinski definition) is 6. The summed E-state index contributed by atoms with van der Waals surface area (Å²) >= 11 is 1.37. The van der Waals surface area contributed by atoms with E-state index in [4.69, 9.17) is 0 Å². The molecule has 186 valence electrons. The average Bonchev–Trinajstić information content (AvgIpc) is 3.30. The minimum atomic E-state index is -0.404. The molecule has 3 N–H and O–H groups in total. The van der Waals surface area contributed by atoms with Gasteiger partial charge in [-0.2, -0.15) is 0 Å². The van der Waals surface area contributed by atoms with Crippen molar-refractivity contribution in [1.82, 2.24) is 15.3 Å². The number of amides is 3. The van der Waals surface area contributed by atoms with Crippen molar-refractivity contribution in [2.24, 2.45) is 5.41 Å². The van der Waals surface area contributed by atoms with Crippen molar-refractivity contribution < 1.29 is 14.4 Å². The molecular weight excluding hydrogens is 464 g/mol. The maximum absolute atomic E-state index is 13.1. The van der Waals surface area contributed by atoms with E-state index in [-0.39, 0.29) is 29.0 Å². The highest BCUT2D eigenvalue weighted by atomic mass is 32.1. The van der Waals surface area contributed by atoms with Gasteiger partial charge >= 0.3 is 0 Å². The normalized spacial score (nSPS) is 13.5. The summed E-state index contributed by atoms with van der Waals surface area (Å²) in [6, 6.07) is 5.62. The highest BCUT2D eigenvalue weighted by Gasteiger charge is 2.28. The van der Waals surface area contributed by atoms with Gasteiger partial charge in [-0.25, -0.2) is 4.98 Å². The lowest BCUT2D eigenvalue weighted by Crippen LogP contribution is -2.29. The maximum Gasteiger partial charge on any atom is 0.276 e. The van der Waals surface area contributed by atoms with Gasteiger partial charge in [-0.3, -0.25) is 14.4 Å². The number of H-pyrrole nitrogens is 1. The number of carbonyl (C=O) groups excluding carboxylic acids is 3. The first-order valence-electron chi connectivity index (χ1n) is 11.6. The van der Waals surface area contributed by atoms with Crippen molar-refractivity contribution in [2.75, 3.05) is 36.3 Å². The fourth-order valence-electron chi connectivity index (χ4n) is 3.68. The number of rotatable bonds is 7. The number of thiazole rings is 1. The van der Waals surface area contributed by atoms with Gasteiger partial charge in [0.05, 0.1) is 5.56 Å². The van der Waals surface area contributed by atoms with Crippen LogP contribution in [0.25, 0.3) is 10.9 Å². The van der Waals surface area contributed by atoms with Crippen LogP contribution in [0.4, 0.5) is 16.6 Å². The number of hydrogen-bond donors (Lipinski definition) is 3. The second-order valence-corrected chi connectivity index (χ2v) is 11.2. The molecule has 4 rings (SSSR count). The molecule has 0 saturated heterocycles. The molecule has 2 heterocycles. The Bertz CT molecular complexity index is 1280. The number of carbonyl (C=O) groups is 3. The first-order chi connectivity index (χ1) is 16.4. The number of benzene rings is 1. The van der Waals surface area contributed by atoms with Gasteiger partial charge in [0.1, 0.15) is 11.5 Å². The second-order valence-electron chi connectivity index (χ2n) is 10.4. The van der Waals surface area contributed by atoms with E-state index in [1.807, 2.05) is 58.0 Å². The SMILES string of the molecule is CN(C)c1nc(C(=O)Nc2[nH]c3cc(N(C)C(=O)CC(C)(C)C)ccc3c2C(=O)NC2CC2)cs1. The van der Waals surface area contributed by atoms with Crippen LogP contribution in [-0.4, -0.2) is 54.9 Å². The lowest BCUT2D eigenvalue weighted by atomic mass is 9.91. The zero-order valence-electron chi connectivity index (χ0n) is 21.0. The van der Waals surface area contributed by atoms with E-state index in [1.165, 1.54) is 11.3 Å². The van der Waals surface area contributed by atoms with Crippen molar-refractivity contribution in [2.45, 2.75) is 46.1 Å². The predicted molar refractivity (Wildman–Crippen MR) is 141 cm³/mol. The van der Waals surface area contributed by atoms with Crippen LogP contribution in [0.5, 0.6) is 0 Å². The minimum absolute atomic E-state index is 0.00357. The van der Waals surface area contributed by atoms with Crippen molar-refractivity contribution in [1.29, 1.82) is 0 Å². The number of aromatic amines is 1. The molecule has 1 aromatic carbocycles. The standard InChI is InChI=1S/C25H32N6O3S/c1-25(2,3)12-19(32)31(6)15-9-10-16-17(11-15)27-21(20(16)23(34)26-14-7-8-14)29-22(33)18-13-35-24(28-18)30(4)5/h9-11,13-14,27H,7-8,12H2,1-6H3,(H,26,34)(H,29,33). The molecule has 2 aromatic heterocycles. The van der Waals surface area contributed by atoms with E-state index in [0.717, 1.165) is 12.8 Å². The summed E-state index contributed by atoms with van der Waals surface area (Å²) < 4.78 is 0. The monoisotopic (exact) mass is 496 g/mol. The van der Waals surface area contributed by atoms with E-state index in [2.05, 4.69) is 20.6 Å². The quantitative estimate of drug-likeness (QED) is 0.453. The third-order valence-corrected chi connectivity index (χ3v) is 6.72. The molecule has 1 aliphatic rings. The lowest BCUT2D eigenvalue weighted by molar-refractivity contribution is -0.120. The van der Waals surface area contributed by atoms with Crippen LogP contribution in [-0.2, 0) is 4.79 Å². The van der Waals surface area contributed by atoms with Crippen LogP contribution in [0.3, 0.4) is 0 Å². The van der Waals surface area contributed by atoms with Crippen molar-refractivity contribution in [3.63, 3.8) is 0 Å². The van der Waals surface area contributed by atoms with Crippen molar-refractivity contribution >= 4 is 56.6 Å². The van der Waals surface area contributed by atoms with E-state index >= 15 is 0 Å². The summed E-state index contributed by atoms with van der Waals surface area (Å²) in [5, 5.41) is 8.91. The topological polar surface area (TPSA) is 110 Å². The average molecular weight is 497 g/mol. The zero-order valence-corrected chi connectivity index (χ0v) is 21.8. The summed E-state index contributed by atoms with van der Waals surface area (Å²) in [7, 11) is 5.46. The van der Waals surface area contributed by atoms with Crippen LogP contribution >= 0.6 is 11.3 Å². The van der Waals surface area contributed by atoms with Crippen molar-refractivity contribution in [3.05, 3.63) is 34.8 Å². The predicted octanol–water partition coefficient (Wildman–Crippen LogP) is 4.23. The fourth-order valence-corrected chi connectivity index (χ4v) is 4.42. The highest BCUT2D eigenvalue weighted by molar-refractivity contribution is 7.13. The number of fused-ring (bicyclic) bond motifs is 1. The fraction of sp³-hybridized carbons (Fsp3) is 0.440. The van der Waals surface area contributed by atoms with Gasteiger partial charge in [-0.1, -0.05) is 20.8 Å². The van der Waals surface area contributed by atoms with Gasteiger partial charge in [0.15, 0.2) is 5.13 Å². The molecule has 1 saturated carbocycles. The first kappa shape index (κ1) is 24.7. The van der Waals surface area contributed by atoms with Crippen LogP contribution < -0.4 is 20.4 Å². The Morgan fingerprint density at radius 1 is 1.14 bits per heavy atom. The van der Waals surface area contributed by atoms with E-state index in [0.29, 0.717) is 39.5 Å². The Balaban J connectivity index is 1.67. The van der Waals surface area contributed by atoms with E-state index in [9.17, 15) is 14.4 Å². The van der Waals surface area contributed by atoms with Gasteiger partial charge in [0, 0.05) is 55.6 Å². The molecule has 0 aliphatic heterocycles. The molecule has 10 heteroatoms. The molecule has 3 aromatic rings. The van der Waals surface area contributed by atoms with Gasteiger partial charge in [0.2, 0.25) is 5.91 Å². The van der Waals surface area contributed by atoms with E-state index < -0.39 is 5.91 Å². The summed E-state index contributed by atoms with van der Waals surface area (Å²) in [6.07, 6.45) is 2.31. The minimum Gasteiger partial charge on any atom is -0.354 e. The molecule has 35 heavy (non-hydrogen) atoms. The zero-order chi connectivity index (χ0) is 25.5. The van der Waals surface area contributed by atoms with E-state index in [1.54, 1.807) is 17.3 Å². The second kappa shape index (κ2) is 9.33. The Kier molecular flexibility index (Phi) is 6.59. The lowest BCUT2D eigenvalue weighted by Gasteiger charge is -2.23. The smallest absolute Gasteiger partial charge is 0.276 e. The summed E-state index contributed by atoms with van der Waals surface area (Å²) in [4.78, 5) is 49.8. The van der Waals surface area contributed by atoms with Gasteiger partial charge < -0.3 is 25.4 Å². The van der Waals surface area contributed by atoms with Gasteiger partial charge in [-0.15, -0.1) is 11.3 Å². The van der Waals surface area contributed by atoms with Crippen LogP contribution in [0.15, 0.2) is 23.6 Å². The van der Waals surface area contributed by atoms with Crippen molar-refractivity contribution in [3.8, 4) is 0 Å². The molecule has 1 fully saturated rings. The molecule has 0 radical (unpaired) electrons. The molecule has 0 spiro atoms. The number of anilines is 3. The van der Waals surface area contributed by atoms with Gasteiger partial charge in [-0.05, 0) is 36.5 Å². The molecule has 0 unspecified atom stereocenters. The highest BCUT2D eigenvalue weighted by Crippen LogP contribution is 2.32. The summed E-state index contributed by atoms with van der Waals surface area (Å²) in [6.45, 7) is 6.07. The summed E-state index contributed by atoms with van der Waals surface area (Å²) in [5.74, 6) is -0.336.